The summed E-state index contributed by atoms with van der Waals surface area (Å²) in [5, 5.41) is 4.99. The molecule has 3 heterocycles. The van der Waals surface area contributed by atoms with Gasteiger partial charge < -0.3 is 0 Å². The van der Waals surface area contributed by atoms with Crippen molar-refractivity contribution in [1.82, 2.24) is 14.1 Å². The molecule has 1 aliphatic carbocycles. The van der Waals surface area contributed by atoms with Crippen LogP contribution in [0.5, 0.6) is 0 Å². The van der Waals surface area contributed by atoms with Crippen LogP contribution in [0.15, 0.2) is 127 Å². The highest BCUT2D eigenvalue weighted by molar-refractivity contribution is 6.10. The number of rotatable bonds is 2. The molecule has 5 aromatic carbocycles. The lowest BCUT2D eigenvalue weighted by molar-refractivity contribution is 0.990. The maximum atomic E-state index is 5.54. The number of para-hydroxylation sites is 4. The fraction of sp³-hybridized carbons (Fsp3) is 0.0278. The predicted octanol–water partition coefficient (Wildman–Crippen LogP) is 8.85. The van der Waals surface area contributed by atoms with E-state index in [9.17, 15) is 0 Å². The van der Waals surface area contributed by atoms with Crippen LogP contribution in [0, 0.1) is 0 Å². The molecule has 8 aromatic rings. The number of hydrogen-bond donors (Lipinski definition) is 0. The summed E-state index contributed by atoms with van der Waals surface area (Å²) in [6.07, 6.45) is 0.877. The molecule has 0 N–H and O–H groups in total. The van der Waals surface area contributed by atoms with Crippen molar-refractivity contribution in [3.8, 4) is 22.8 Å². The summed E-state index contributed by atoms with van der Waals surface area (Å²) >= 11 is 0. The maximum Gasteiger partial charge on any atom is 0.144 e. The van der Waals surface area contributed by atoms with Crippen molar-refractivity contribution in [2.45, 2.75) is 6.42 Å². The van der Waals surface area contributed by atoms with Crippen molar-refractivity contribution in [2.24, 2.45) is 0 Å². The first-order valence-corrected chi connectivity index (χ1v) is 13.5. The normalized spacial score (nSPS) is 12.5. The molecule has 0 fully saturated rings. The standard InChI is InChI=1S/C36H23N3/c1-2-12-24-23(11-1)21-30-29(24)22-35(38-31-17-7-3-13-25(31)26-14-4-8-18-32(26)38)37-36(30)39-33-19-9-5-15-27(33)28-16-6-10-20-34(28)39/h1-20,22H,21H2. The third-order valence-electron chi connectivity index (χ3n) is 8.36. The number of pyridine rings is 1. The zero-order valence-corrected chi connectivity index (χ0v) is 21.2. The second-order valence-corrected chi connectivity index (χ2v) is 10.4. The lowest BCUT2D eigenvalue weighted by Crippen LogP contribution is -2.07. The van der Waals surface area contributed by atoms with Crippen LogP contribution < -0.4 is 0 Å². The van der Waals surface area contributed by atoms with Gasteiger partial charge in [0.25, 0.3) is 0 Å². The van der Waals surface area contributed by atoms with Crippen LogP contribution in [-0.4, -0.2) is 14.1 Å². The van der Waals surface area contributed by atoms with Gasteiger partial charge in [-0.2, -0.15) is 0 Å². The van der Waals surface area contributed by atoms with Crippen LogP contribution in [0.2, 0.25) is 0 Å². The van der Waals surface area contributed by atoms with E-state index in [4.69, 9.17) is 4.98 Å². The van der Waals surface area contributed by atoms with Gasteiger partial charge in [0, 0.05) is 33.5 Å². The van der Waals surface area contributed by atoms with Crippen LogP contribution >= 0.6 is 0 Å². The van der Waals surface area contributed by atoms with E-state index in [1.54, 1.807) is 0 Å². The number of benzene rings is 5. The van der Waals surface area contributed by atoms with Gasteiger partial charge in [0.2, 0.25) is 0 Å². The van der Waals surface area contributed by atoms with E-state index >= 15 is 0 Å². The molecule has 39 heavy (non-hydrogen) atoms. The van der Waals surface area contributed by atoms with E-state index in [-0.39, 0.29) is 0 Å². The highest BCUT2D eigenvalue weighted by atomic mass is 15.1. The molecule has 0 saturated carbocycles. The molecule has 3 heteroatoms. The second kappa shape index (κ2) is 7.68. The Hall–Kier alpha value is -5.15. The third kappa shape index (κ3) is 2.79. The second-order valence-electron chi connectivity index (χ2n) is 10.4. The average Bonchev–Trinajstić information content (AvgIpc) is 3.65. The lowest BCUT2D eigenvalue weighted by atomic mass is 10.1. The maximum absolute atomic E-state index is 5.54. The summed E-state index contributed by atoms with van der Waals surface area (Å²) in [6.45, 7) is 0. The first-order chi connectivity index (χ1) is 19.4. The molecule has 0 bridgehead atoms. The van der Waals surface area contributed by atoms with E-state index in [0.717, 1.165) is 18.1 Å². The van der Waals surface area contributed by atoms with E-state index in [1.165, 1.54) is 65.9 Å². The molecular formula is C36H23N3. The van der Waals surface area contributed by atoms with Crippen LogP contribution in [0.4, 0.5) is 0 Å². The molecule has 1 aliphatic rings. The smallest absolute Gasteiger partial charge is 0.144 e. The van der Waals surface area contributed by atoms with Gasteiger partial charge in [0.15, 0.2) is 0 Å². The van der Waals surface area contributed by atoms with Crippen LogP contribution in [0.3, 0.4) is 0 Å². The van der Waals surface area contributed by atoms with Gasteiger partial charge in [0.1, 0.15) is 11.6 Å². The van der Waals surface area contributed by atoms with Crippen molar-refractivity contribution >= 4 is 43.6 Å². The molecule has 9 rings (SSSR count). The third-order valence-corrected chi connectivity index (χ3v) is 8.36. The highest BCUT2D eigenvalue weighted by Gasteiger charge is 2.27. The van der Waals surface area contributed by atoms with E-state index in [1.807, 2.05) is 0 Å². The Balaban J connectivity index is 1.46. The molecule has 3 aromatic heterocycles. The molecule has 0 amide bonds. The fourth-order valence-electron chi connectivity index (χ4n) is 6.71. The summed E-state index contributed by atoms with van der Waals surface area (Å²) in [6, 6.07) is 45.8. The summed E-state index contributed by atoms with van der Waals surface area (Å²) < 4.78 is 4.72. The Morgan fingerprint density at radius 3 is 1.49 bits per heavy atom. The minimum atomic E-state index is 0.877. The van der Waals surface area contributed by atoms with E-state index in [2.05, 4.69) is 137 Å². The SMILES string of the molecule is c1ccc2c(c1)Cc1c-2cc(-n2c3ccccc3c3ccccc32)nc1-n1c2ccccc2c2ccccc21. The van der Waals surface area contributed by atoms with Gasteiger partial charge in [-0.1, -0.05) is 97.1 Å². The fourth-order valence-corrected chi connectivity index (χ4v) is 6.71. The first-order valence-electron chi connectivity index (χ1n) is 13.5. The molecule has 0 aliphatic heterocycles. The minimum Gasteiger partial charge on any atom is -0.294 e. The minimum absolute atomic E-state index is 0.877. The Morgan fingerprint density at radius 1 is 0.462 bits per heavy atom. The molecule has 0 radical (unpaired) electrons. The number of hydrogen-bond acceptors (Lipinski definition) is 1. The largest absolute Gasteiger partial charge is 0.294 e. The van der Waals surface area contributed by atoms with Crippen molar-refractivity contribution in [2.75, 3.05) is 0 Å². The molecule has 0 saturated heterocycles. The molecule has 0 atom stereocenters. The molecule has 182 valence electrons. The summed E-state index contributed by atoms with van der Waals surface area (Å²) in [5.41, 5.74) is 9.93. The molecular weight excluding hydrogens is 474 g/mol. The molecule has 0 unspecified atom stereocenters. The summed E-state index contributed by atoms with van der Waals surface area (Å²) in [5.74, 6) is 1.96. The number of nitrogens with zero attached hydrogens (tertiary/aromatic N) is 3. The number of fused-ring (bicyclic) bond motifs is 9. The van der Waals surface area contributed by atoms with Crippen molar-refractivity contribution in [3.05, 3.63) is 139 Å². The van der Waals surface area contributed by atoms with E-state index in [0.29, 0.717) is 0 Å². The summed E-state index contributed by atoms with van der Waals surface area (Å²) in [4.78, 5) is 5.54. The van der Waals surface area contributed by atoms with Crippen molar-refractivity contribution < 1.29 is 0 Å². The van der Waals surface area contributed by atoms with Crippen LogP contribution in [-0.2, 0) is 6.42 Å². The van der Waals surface area contributed by atoms with Gasteiger partial charge in [-0.15, -0.1) is 0 Å². The Morgan fingerprint density at radius 2 is 0.923 bits per heavy atom. The summed E-state index contributed by atoms with van der Waals surface area (Å²) in [7, 11) is 0. The van der Waals surface area contributed by atoms with Crippen molar-refractivity contribution in [1.29, 1.82) is 0 Å². The highest BCUT2D eigenvalue weighted by Crippen LogP contribution is 2.43. The quantitative estimate of drug-likeness (QED) is 0.234. The van der Waals surface area contributed by atoms with Gasteiger partial charge in [0.05, 0.1) is 22.1 Å². The Kier molecular flexibility index (Phi) is 4.11. The van der Waals surface area contributed by atoms with Crippen LogP contribution in [0.25, 0.3) is 66.4 Å². The monoisotopic (exact) mass is 497 g/mol. The average molecular weight is 498 g/mol. The molecule has 3 nitrogen and oxygen atoms in total. The first kappa shape index (κ1) is 20.9. The number of aromatic nitrogens is 3. The van der Waals surface area contributed by atoms with Gasteiger partial charge in [-0.3, -0.25) is 9.13 Å². The van der Waals surface area contributed by atoms with Crippen LogP contribution in [0.1, 0.15) is 11.1 Å². The zero-order chi connectivity index (χ0) is 25.5. The Labute approximate surface area is 225 Å². The van der Waals surface area contributed by atoms with Gasteiger partial charge in [-0.25, -0.2) is 4.98 Å². The van der Waals surface area contributed by atoms with E-state index < -0.39 is 0 Å². The molecule has 0 spiro atoms. The topological polar surface area (TPSA) is 22.8 Å². The van der Waals surface area contributed by atoms with Gasteiger partial charge >= 0.3 is 0 Å². The lowest BCUT2D eigenvalue weighted by Gasteiger charge is -2.16. The zero-order valence-electron chi connectivity index (χ0n) is 21.2. The Bertz CT molecular complexity index is 2160. The predicted molar refractivity (Wildman–Crippen MR) is 161 cm³/mol. The van der Waals surface area contributed by atoms with Crippen molar-refractivity contribution in [3.63, 3.8) is 0 Å². The van der Waals surface area contributed by atoms with Gasteiger partial charge in [-0.05, 0) is 47.0 Å².